The van der Waals surface area contributed by atoms with Crippen molar-refractivity contribution in [1.29, 1.82) is 0 Å². The average Bonchev–Trinajstić information content (AvgIpc) is 3.11. The predicted octanol–water partition coefficient (Wildman–Crippen LogP) is 4.39. The van der Waals surface area contributed by atoms with Crippen molar-refractivity contribution in [3.05, 3.63) is 68.6 Å². The average molecular weight is 436 g/mol. The van der Waals surface area contributed by atoms with Crippen LogP contribution in [0.2, 0.25) is 0 Å². The molecule has 0 fully saturated rings. The Morgan fingerprint density at radius 1 is 1.23 bits per heavy atom. The van der Waals surface area contributed by atoms with E-state index in [1.165, 1.54) is 24.3 Å². The molecule has 0 radical (unpaired) electrons. The summed E-state index contributed by atoms with van der Waals surface area (Å²) in [4.78, 5) is 37.1. The number of alkyl halides is 3. The third-order valence-electron chi connectivity index (χ3n) is 3.93. The number of rotatable bonds is 6. The van der Waals surface area contributed by atoms with Gasteiger partial charge in [-0.25, -0.2) is 4.98 Å². The molecule has 3 aromatic rings. The van der Waals surface area contributed by atoms with Gasteiger partial charge < -0.3 is 11.1 Å². The van der Waals surface area contributed by atoms with E-state index in [0.717, 1.165) is 18.2 Å². The summed E-state index contributed by atoms with van der Waals surface area (Å²) in [7, 11) is 0. The molecule has 3 rings (SSSR count). The number of thiazole rings is 1. The SMILES string of the molecule is NC(=O)c1sc(Nc2cc(C=O)ccc2[N+](=O)[O-])nc1-c1ccccc1C(F)(F)F. The summed E-state index contributed by atoms with van der Waals surface area (Å²) < 4.78 is 40.1. The van der Waals surface area contributed by atoms with E-state index in [-0.39, 0.29) is 32.5 Å². The van der Waals surface area contributed by atoms with E-state index in [0.29, 0.717) is 17.6 Å². The summed E-state index contributed by atoms with van der Waals surface area (Å²) in [6.45, 7) is 0. The van der Waals surface area contributed by atoms with Crippen LogP contribution in [0.4, 0.5) is 29.7 Å². The third-order valence-corrected chi connectivity index (χ3v) is 4.92. The first-order chi connectivity index (χ1) is 14.1. The molecule has 0 atom stereocenters. The summed E-state index contributed by atoms with van der Waals surface area (Å²) >= 11 is 0.635. The normalized spacial score (nSPS) is 11.2. The molecular weight excluding hydrogens is 425 g/mol. The van der Waals surface area contributed by atoms with Crippen LogP contribution in [0.15, 0.2) is 42.5 Å². The maximum Gasteiger partial charge on any atom is 0.417 e. The Kier molecular flexibility index (Phi) is 5.52. The van der Waals surface area contributed by atoms with E-state index in [1.54, 1.807) is 0 Å². The fourth-order valence-corrected chi connectivity index (χ4v) is 3.51. The molecule has 154 valence electrons. The first-order valence-corrected chi connectivity index (χ1v) is 8.91. The molecule has 0 saturated heterocycles. The van der Waals surface area contributed by atoms with Crippen molar-refractivity contribution in [3.63, 3.8) is 0 Å². The first kappa shape index (κ1) is 20.9. The molecule has 30 heavy (non-hydrogen) atoms. The van der Waals surface area contributed by atoms with Crippen LogP contribution in [-0.4, -0.2) is 22.1 Å². The minimum atomic E-state index is -4.71. The summed E-state index contributed by atoms with van der Waals surface area (Å²) in [6.07, 6.45) is -4.24. The van der Waals surface area contributed by atoms with Crippen LogP contribution in [0.3, 0.4) is 0 Å². The topological polar surface area (TPSA) is 128 Å². The second-order valence-corrected chi connectivity index (χ2v) is 6.88. The zero-order chi connectivity index (χ0) is 22.1. The number of primary amides is 1. The van der Waals surface area contributed by atoms with Gasteiger partial charge in [0.25, 0.3) is 11.6 Å². The van der Waals surface area contributed by atoms with Crippen LogP contribution in [0.25, 0.3) is 11.3 Å². The van der Waals surface area contributed by atoms with Crippen molar-refractivity contribution in [2.45, 2.75) is 6.18 Å². The number of hydrogen-bond donors (Lipinski definition) is 2. The van der Waals surface area contributed by atoms with Crippen molar-refractivity contribution in [2.24, 2.45) is 5.73 Å². The van der Waals surface area contributed by atoms with Gasteiger partial charge in [0.05, 0.1) is 16.2 Å². The van der Waals surface area contributed by atoms with E-state index in [4.69, 9.17) is 5.73 Å². The number of carbonyl (C=O) groups excluding carboxylic acids is 2. The van der Waals surface area contributed by atoms with Gasteiger partial charge in [0.2, 0.25) is 0 Å². The Labute approximate surface area is 170 Å². The van der Waals surface area contributed by atoms with Gasteiger partial charge in [0, 0.05) is 17.2 Å². The fraction of sp³-hybridized carbons (Fsp3) is 0.0556. The molecule has 0 aliphatic carbocycles. The van der Waals surface area contributed by atoms with Crippen molar-refractivity contribution in [1.82, 2.24) is 4.98 Å². The van der Waals surface area contributed by atoms with E-state index in [2.05, 4.69) is 10.3 Å². The Morgan fingerprint density at radius 3 is 2.53 bits per heavy atom. The van der Waals surface area contributed by atoms with Gasteiger partial charge in [-0.2, -0.15) is 13.2 Å². The Morgan fingerprint density at radius 2 is 1.93 bits per heavy atom. The molecule has 12 heteroatoms. The number of nitro benzene ring substituents is 1. The molecule has 1 heterocycles. The maximum atomic E-state index is 13.4. The molecule has 0 saturated carbocycles. The van der Waals surface area contributed by atoms with Crippen molar-refractivity contribution < 1.29 is 27.7 Å². The van der Waals surface area contributed by atoms with Crippen LogP contribution in [-0.2, 0) is 6.18 Å². The van der Waals surface area contributed by atoms with Gasteiger partial charge in [-0.1, -0.05) is 29.5 Å². The number of hydrogen-bond acceptors (Lipinski definition) is 7. The van der Waals surface area contributed by atoms with Crippen LogP contribution in [0.1, 0.15) is 25.6 Å². The van der Waals surface area contributed by atoms with Crippen molar-refractivity contribution >= 4 is 40.0 Å². The molecule has 0 aliphatic rings. The predicted molar refractivity (Wildman–Crippen MR) is 103 cm³/mol. The van der Waals surface area contributed by atoms with E-state index < -0.39 is 28.3 Å². The lowest BCUT2D eigenvalue weighted by Gasteiger charge is -2.11. The van der Waals surface area contributed by atoms with Gasteiger partial charge in [-0.15, -0.1) is 0 Å². The Bertz CT molecular complexity index is 1160. The van der Waals surface area contributed by atoms with Gasteiger partial charge in [0.1, 0.15) is 16.9 Å². The summed E-state index contributed by atoms with van der Waals surface area (Å²) in [5.74, 6) is -1.01. The highest BCUT2D eigenvalue weighted by atomic mass is 32.1. The van der Waals surface area contributed by atoms with E-state index >= 15 is 0 Å². The molecule has 8 nitrogen and oxygen atoms in total. The van der Waals surface area contributed by atoms with Crippen molar-refractivity contribution in [2.75, 3.05) is 5.32 Å². The van der Waals surface area contributed by atoms with Gasteiger partial charge in [0.15, 0.2) is 5.13 Å². The zero-order valence-electron chi connectivity index (χ0n) is 14.8. The minimum Gasteiger partial charge on any atom is -0.365 e. The number of anilines is 2. The lowest BCUT2D eigenvalue weighted by Crippen LogP contribution is -2.12. The lowest BCUT2D eigenvalue weighted by atomic mass is 10.0. The number of nitrogens with two attached hydrogens (primary N) is 1. The number of carbonyl (C=O) groups is 2. The molecule has 0 bridgehead atoms. The standard InChI is InChI=1S/C18H11F3N4O4S/c19-18(20,21)11-4-2-1-3-10(11)14-15(16(22)27)30-17(24-14)23-12-7-9(8-26)5-6-13(12)25(28)29/h1-8H,(H2,22,27)(H,23,24). The number of nitro groups is 1. The molecule has 2 aromatic carbocycles. The number of halogens is 3. The number of nitrogens with one attached hydrogen (secondary N) is 1. The van der Waals surface area contributed by atoms with Crippen LogP contribution >= 0.6 is 11.3 Å². The smallest absolute Gasteiger partial charge is 0.365 e. The summed E-state index contributed by atoms with van der Waals surface area (Å²) in [5.41, 5.74) is 3.23. The number of aromatic nitrogens is 1. The van der Waals surface area contributed by atoms with E-state index in [9.17, 15) is 32.9 Å². The van der Waals surface area contributed by atoms with Gasteiger partial charge in [-0.3, -0.25) is 19.7 Å². The number of amides is 1. The Hall–Kier alpha value is -3.80. The maximum absolute atomic E-state index is 13.4. The van der Waals surface area contributed by atoms with Crippen LogP contribution in [0.5, 0.6) is 0 Å². The van der Waals surface area contributed by atoms with Crippen molar-refractivity contribution in [3.8, 4) is 11.3 Å². The van der Waals surface area contributed by atoms with Crippen LogP contribution in [0, 0.1) is 10.1 Å². The minimum absolute atomic E-state index is 0.109. The molecular formula is C18H11F3N4O4S. The van der Waals surface area contributed by atoms with Gasteiger partial charge >= 0.3 is 6.18 Å². The summed E-state index contributed by atoms with van der Waals surface area (Å²) in [6, 6.07) is 8.02. The quantitative estimate of drug-likeness (QED) is 0.335. The third kappa shape index (κ3) is 4.12. The second kappa shape index (κ2) is 7.91. The first-order valence-electron chi connectivity index (χ1n) is 8.09. The largest absolute Gasteiger partial charge is 0.417 e. The van der Waals surface area contributed by atoms with Crippen LogP contribution < -0.4 is 11.1 Å². The highest BCUT2D eigenvalue weighted by molar-refractivity contribution is 7.18. The van der Waals surface area contributed by atoms with Gasteiger partial charge in [-0.05, 0) is 18.2 Å². The molecule has 0 spiro atoms. The highest BCUT2D eigenvalue weighted by Gasteiger charge is 2.35. The van der Waals surface area contributed by atoms with E-state index in [1.807, 2.05) is 0 Å². The monoisotopic (exact) mass is 436 g/mol. The zero-order valence-corrected chi connectivity index (χ0v) is 15.6. The fourth-order valence-electron chi connectivity index (χ4n) is 2.66. The molecule has 0 aliphatic heterocycles. The summed E-state index contributed by atoms with van der Waals surface area (Å²) in [5, 5.41) is 13.7. The molecule has 1 aromatic heterocycles. The molecule has 0 unspecified atom stereocenters. The second-order valence-electron chi connectivity index (χ2n) is 5.88. The number of aldehydes is 1. The lowest BCUT2D eigenvalue weighted by molar-refractivity contribution is -0.383. The number of nitrogens with zero attached hydrogens (tertiary/aromatic N) is 2. The molecule has 1 amide bonds. The highest BCUT2D eigenvalue weighted by Crippen LogP contribution is 2.41. The Balaban J connectivity index is 2.13. The number of benzene rings is 2. The molecule has 3 N–H and O–H groups in total.